The van der Waals surface area contributed by atoms with Gasteiger partial charge in [0, 0.05) is 66.7 Å². The summed E-state index contributed by atoms with van der Waals surface area (Å²) in [6, 6.07) is 12.8. The van der Waals surface area contributed by atoms with E-state index in [-0.39, 0.29) is 5.91 Å². The van der Waals surface area contributed by atoms with Crippen LogP contribution in [0.1, 0.15) is 44.7 Å². The van der Waals surface area contributed by atoms with Gasteiger partial charge in [0.25, 0.3) is 0 Å². The summed E-state index contributed by atoms with van der Waals surface area (Å²) >= 11 is 11.8. The molecule has 3 aliphatic rings. The number of amides is 2. The molecule has 0 aliphatic carbocycles. The Morgan fingerprint density at radius 1 is 1.09 bits per heavy atom. The quantitative estimate of drug-likeness (QED) is 0.359. The third-order valence-electron chi connectivity index (χ3n) is 8.45. The summed E-state index contributed by atoms with van der Waals surface area (Å²) in [5.41, 5.74) is 1.60. The van der Waals surface area contributed by atoms with Crippen LogP contribution in [0.5, 0.6) is 5.75 Å². The van der Waals surface area contributed by atoms with Gasteiger partial charge in [0.1, 0.15) is 23.0 Å². The Morgan fingerprint density at radius 2 is 1.84 bits per heavy atom. The van der Waals surface area contributed by atoms with Gasteiger partial charge in [-0.05, 0) is 62.2 Å². The summed E-state index contributed by atoms with van der Waals surface area (Å²) in [6.07, 6.45) is 2.37. The summed E-state index contributed by atoms with van der Waals surface area (Å²) in [4.78, 5) is 31.1. The van der Waals surface area contributed by atoms with Crippen LogP contribution in [0.2, 0.25) is 5.02 Å². The van der Waals surface area contributed by atoms with Crippen LogP contribution in [0, 0.1) is 4.51 Å². The number of carbonyl (C=O) groups is 2. The molecule has 234 valence electrons. The van der Waals surface area contributed by atoms with Gasteiger partial charge in [0.2, 0.25) is 5.91 Å². The van der Waals surface area contributed by atoms with Crippen LogP contribution >= 0.6 is 23.8 Å². The van der Waals surface area contributed by atoms with Crippen molar-refractivity contribution in [1.29, 1.82) is 0 Å². The molecule has 44 heavy (non-hydrogen) atoms. The number of ether oxygens (including phenoxy) is 3. The molecule has 3 aromatic rings. The fourth-order valence-corrected chi connectivity index (χ4v) is 6.67. The maximum absolute atomic E-state index is 13.8. The Hall–Kier alpha value is -3.18. The van der Waals surface area contributed by atoms with Crippen LogP contribution in [0.15, 0.2) is 48.7 Å². The van der Waals surface area contributed by atoms with Crippen molar-refractivity contribution in [3.8, 4) is 5.75 Å². The second-order valence-electron chi connectivity index (χ2n) is 13.0. The van der Waals surface area contributed by atoms with Crippen molar-refractivity contribution < 1.29 is 23.8 Å². The van der Waals surface area contributed by atoms with E-state index in [2.05, 4.69) is 26.9 Å². The standard InChI is InChI=1S/C33H39ClN4O5S/c1-32(2,3)43-31(40)38-11-9-33(18-26(38)30(39)35-19-22-4-6-24(34)7-5-22)21-37-10-8-28(44)25-16-23(17-27(42-33)29(25)37)20-36-12-14-41-15-13-36/h4-8,10,16-17,26H,9,11-15,18-21H2,1-3H3,(H,35,39). The average Bonchev–Trinajstić information content (AvgIpc) is 2.98. The Kier molecular flexibility index (Phi) is 8.63. The highest BCUT2D eigenvalue weighted by Gasteiger charge is 2.49. The molecule has 6 rings (SSSR count). The molecule has 2 fully saturated rings. The van der Waals surface area contributed by atoms with Gasteiger partial charge >= 0.3 is 6.09 Å². The first-order chi connectivity index (χ1) is 21.0. The second kappa shape index (κ2) is 12.3. The lowest BCUT2D eigenvalue weighted by atomic mass is 9.84. The maximum atomic E-state index is 13.8. The molecule has 4 heterocycles. The van der Waals surface area contributed by atoms with Crippen LogP contribution in [0.4, 0.5) is 4.79 Å². The van der Waals surface area contributed by atoms with Gasteiger partial charge in [0.15, 0.2) is 0 Å². The molecule has 1 aromatic heterocycles. The van der Waals surface area contributed by atoms with E-state index in [1.807, 2.05) is 45.2 Å². The number of morpholine rings is 1. The number of carbonyl (C=O) groups excluding carboxylic acids is 2. The highest BCUT2D eigenvalue weighted by Crippen LogP contribution is 2.42. The molecule has 0 radical (unpaired) electrons. The lowest BCUT2D eigenvalue weighted by Crippen LogP contribution is -2.61. The van der Waals surface area contributed by atoms with Crippen molar-refractivity contribution >= 4 is 46.7 Å². The Morgan fingerprint density at radius 3 is 2.57 bits per heavy atom. The largest absolute Gasteiger partial charge is 0.483 e. The van der Waals surface area contributed by atoms with Crippen molar-refractivity contribution in [1.82, 2.24) is 19.7 Å². The number of nitrogens with one attached hydrogen (secondary N) is 1. The third kappa shape index (κ3) is 6.73. The molecule has 2 amide bonds. The average molecular weight is 639 g/mol. The first kappa shape index (κ1) is 30.8. The second-order valence-corrected chi connectivity index (χ2v) is 13.8. The first-order valence-electron chi connectivity index (χ1n) is 15.2. The molecule has 2 unspecified atom stereocenters. The number of nitrogens with zero attached hydrogens (tertiary/aromatic N) is 3. The van der Waals surface area contributed by atoms with E-state index in [4.69, 9.17) is 38.0 Å². The number of pyridine rings is 1. The number of likely N-dealkylation sites (tertiary alicyclic amines) is 1. The van der Waals surface area contributed by atoms with Crippen molar-refractivity contribution in [3.63, 3.8) is 0 Å². The molecule has 11 heteroatoms. The third-order valence-corrected chi connectivity index (χ3v) is 9.06. The van der Waals surface area contributed by atoms with E-state index in [0.29, 0.717) is 37.5 Å². The fourth-order valence-electron chi connectivity index (χ4n) is 6.33. The lowest BCUT2D eigenvalue weighted by molar-refractivity contribution is -0.133. The van der Waals surface area contributed by atoms with Gasteiger partial charge in [0.05, 0.1) is 25.3 Å². The number of hydrogen-bond donors (Lipinski definition) is 1. The number of halogens is 1. The Balaban J connectivity index is 1.29. The van der Waals surface area contributed by atoms with Gasteiger partial charge in [-0.25, -0.2) is 4.79 Å². The SMILES string of the molecule is CC(C)(C)OC(=O)N1CCC2(CC1C(=O)NCc1ccc(Cl)cc1)Cn1ccc(=S)c3cc(CN4CCOCC4)cc(c31)O2. The summed E-state index contributed by atoms with van der Waals surface area (Å²) in [5, 5.41) is 4.65. The molecule has 2 atom stereocenters. The number of piperidine rings is 1. The molecule has 1 N–H and O–H groups in total. The highest BCUT2D eigenvalue weighted by molar-refractivity contribution is 7.71. The molecule has 0 bridgehead atoms. The van der Waals surface area contributed by atoms with Crippen molar-refractivity contribution in [3.05, 3.63) is 69.3 Å². The number of aromatic nitrogens is 1. The molecular weight excluding hydrogens is 600 g/mol. The van der Waals surface area contributed by atoms with E-state index >= 15 is 0 Å². The normalized spacial score (nSPS) is 22.1. The molecule has 3 aliphatic heterocycles. The number of hydrogen-bond acceptors (Lipinski definition) is 7. The monoisotopic (exact) mass is 638 g/mol. The summed E-state index contributed by atoms with van der Waals surface area (Å²) in [5.74, 6) is 0.506. The van der Waals surface area contributed by atoms with E-state index in [0.717, 1.165) is 65.1 Å². The molecule has 1 spiro atoms. The summed E-state index contributed by atoms with van der Waals surface area (Å²) in [7, 11) is 0. The van der Waals surface area contributed by atoms with E-state index in [9.17, 15) is 9.59 Å². The van der Waals surface area contributed by atoms with Crippen molar-refractivity contribution in [2.45, 2.75) is 70.5 Å². The zero-order chi connectivity index (χ0) is 31.1. The zero-order valence-corrected chi connectivity index (χ0v) is 27.0. The van der Waals surface area contributed by atoms with Gasteiger partial charge in [-0.2, -0.15) is 0 Å². The number of rotatable bonds is 5. The van der Waals surface area contributed by atoms with Gasteiger partial charge < -0.3 is 24.1 Å². The fraction of sp³-hybridized carbons (Fsp3) is 0.485. The Labute approximate surface area is 268 Å². The molecule has 0 saturated carbocycles. The minimum Gasteiger partial charge on any atom is -0.483 e. The lowest BCUT2D eigenvalue weighted by Gasteiger charge is -2.48. The topological polar surface area (TPSA) is 85.3 Å². The smallest absolute Gasteiger partial charge is 0.410 e. The van der Waals surface area contributed by atoms with Crippen LogP contribution < -0.4 is 10.1 Å². The minimum absolute atomic E-state index is 0.253. The van der Waals surface area contributed by atoms with Crippen LogP contribution in [-0.4, -0.2) is 76.5 Å². The number of benzene rings is 2. The summed E-state index contributed by atoms with van der Waals surface area (Å²) in [6.45, 7) is 10.6. The first-order valence-corrected chi connectivity index (χ1v) is 15.9. The van der Waals surface area contributed by atoms with Gasteiger partial charge in [-0.1, -0.05) is 36.0 Å². The Bertz CT molecular complexity index is 1620. The predicted octanol–water partition coefficient (Wildman–Crippen LogP) is 5.70. The maximum Gasteiger partial charge on any atom is 0.410 e. The molecule has 2 saturated heterocycles. The van der Waals surface area contributed by atoms with Crippen LogP contribution in [-0.2, 0) is 33.9 Å². The van der Waals surface area contributed by atoms with E-state index in [1.165, 1.54) is 0 Å². The van der Waals surface area contributed by atoms with E-state index < -0.39 is 23.3 Å². The highest BCUT2D eigenvalue weighted by atomic mass is 35.5. The molecule has 9 nitrogen and oxygen atoms in total. The van der Waals surface area contributed by atoms with Gasteiger partial charge in [-0.3, -0.25) is 14.6 Å². The van der Waals surface area contributed by atoms with Crippen molar-refractivity contribution in [2.75, 3.05) is 32.8 Å². The zero-order valence-electron chi connectivity index (χ0n) is 25.4. The van der Waals surface area contributed by atoms with Crippen molar-refractivity contribution in [2.24, 2.45) is 0 Å². The van der Waals surface area contributed by atoms with Crippen LogP contribution in [0.25, 0.3) is 10.9 Å². The van der Waals surface area contributed by atoms with E-state index in [1.54, 1.807) is 17.0 Å². The minimum atomic E-state index is -0.779. The van der Waals surface area contributed by atoms with Gasteiger partial charge in [-0.15, -0.1) is 0 Å². The molecular formula is C33H39ClN4O5S. The molecule has 2 aromatic carbocycles. The predicted molar refractivity (Wildman–Crippen MR) is 171 cm³/mol. The van der Waals surface area contributed by atoms with Crippen LogP contribution in [0.3, 0.4) is 0 Å². The summed E-state index contributed by atoms with van der Waals surface area (Å²) < 4.78 is 21.2.